The highest BCUT2D eigenvalue weighted by atomic mass is 15.0. The summed E-state index contributed by atoms with van der Waals surface area (Å²) in [4.78, 5) is 4.81. The monoisotopic (exact) mass is 522 g/mol. The van der Waals surface area contributed by atoms with Gasteiger partial charge in [-0.1, -0.05) is 109 Å². The van der Waals surface area contributed by atoms with Crippen LogP contribution in [-0.2, 0) is 0 Å². The minimum Gasteiger partial charge on any atom is -0.309 e. The molecular weight excluding hydrogens is 496 g/mol. The summed E-state index contributed by atoms with van der Waals surface area (Å²) in [5.41, 5.74) is 10.5. The van der Waals surface area contributed by atoms with Gasteiger partial charge in [-0.3, -0.25) is 4.98 Å². The van der Waals surface area contributed by atoms with Crippen LogP contribution in [0.25, 0.3) is 71.8 Å². The first-order chi connectivity index (χ1) is 20.3. The van der Waals surface area contributed by atoms with Crippen molar-refractivity contribution in [1.29, 1.82) is 0 Å². The molecule has 0 N–H and O–H groups in total. The molecule has 2 nitrogen and oxygen atoms in total. The molecule has 2 heterocycles. The van der Waals surface area contributed by atoms with Crippen LogP contribution in [0.1, 0.15) is 0 Å². The Hall–Kier alpha value is -5.47. The number of aromatic nitrogens is 2. The Morgan fingerprint density at radius 1 is 0.390 bits per heavy atom. The van der Waals surface area contributed by atoms with Crippen LogP contribution < -0.4 is 0 Å². The lowest BCUT2D eigenvalue weighted by Gasteiger charge is -2.12. The zero-order valence-corrected chi connectivity index (χ0v) is 22.4. The first-order valence-electron chi connectivity index (χ1n) is 14.0. The van der Waals surface area contributed by atoms with Gasteiger partial charge in [-0.15, -0.1) is 0 Å². The lowest BCUT2D eigenvalue weighted by atomic mass is 10.0. The number of hydrogen-bond donors (Lipinski definition) is 0. The number of rotatable bonds is 4. The third-order valence-electron chi connectivity index (χ3n) is 8.03. The van der Waals surface area contributed by atoms with Crippen molar-refractivity contribution in [2.75, 3.05) is 0 Å². The molecule has 0 radical (unpaired) electrons. The minimum atomic E-state index is 1.00. The summed E-state index contributed by atoms with van der Waals surface area (Å²) >= 11 is 0. The summed E-state index contributed by atoms with van der Waals surface area (Å²) in [6.45, 7) is 0. The maximum Gasteiger partial charge on any atom is 0.0781 e. The first kappa shape index (κ1) is 23.4. The van der Waals surface area contributed by atoms with Crippen LogP contribution in [0.3, 0.4) is 0 Å². The van der Waals surface area contributed by atoms with Crippen molar-refractivity contribution >= 4 is 32.6 Å². The molecule has 0 unspecified atom stereocenters. The molecule has 0 amide bonds. The van der Waals surface area contributed by atoms with Crippen LogP contribution >= 0.6 is 0 Å². The number of benzene rings is 6. The standard InChI is InChI=1S/C39H26N2/c1-3-10-27(11-4-1)30-18-20-37-35(25-30)36-26-31(28-12-5-2-6-13-28)19-21-38(36)41(37)33-16-9-15-32(24-33)39-34-17-8-7-14-29(34)22-23-40-39/h1-26H. The van der Waals surface area contributed by atoms with E-state index < -0.39 is 0 Å². The molecule has 41 heavy (non-hydrogen) atoms. The lowest BCUT2D eigenvalue weighted by molar-refractivity contribution is 1.18. The summed E-state index contributed by atoms with van der Waals surface area (Å²) in [7, 11) is 0. The fraction of sp³-hybridized carbons (Fsp3) is 0. The van der Waals surface area contributed by atoms with Gasteiger partial charge in [0.25, 0.3) is 0 Å². The van der Waals surface area contributed by atoms with Gasteiger partial charge < -0.3 is 4.57 Å². The Morgan fingerprint density at radius 3 is 1.63 bits per heavy atom. The van der Waals surface area contributed by atoms with Crippen LogP contribution in [0.2, 0.25) is 0 Å². The first-order valence-corrected chi connectivity index (χ1v) is 14.0. The normalized spacial score (nSPS) is 11.4. The van der Waals surface area contributed by atoms with Gasteiger partial charge in [0, 0.05) is 33.6 Å². The second kappa shape index (κ2) is 9.62. The minimum absolute atomic E-state index is 1.00. The van der Waals surface area contributed by atoms with Gasteiger partial charge >= 0.3 is 0 Å². The summed E-state index contributed by atoms with van der Waals surface area (Å²) in [6.07, 6.45) is 1.90. The van der Waals surface area contributed by atoms with Crippen LogP contribution in [0.15, 0.2) is 158 Å². The van der Waals surface area contributed by atoms with Crippen LogP contribution in [-0.4, -0.2) is 9.55 Å². The van der Waals surface area contributed by atoms with E-state index in [2.05, 4.69) is 156 Å². The number of hydrogen-bond acceptors (Lipinski definition) is 1. The van der Waals surface area contributed by atoms with Gasteiger partial charge in [-0.2, -0.15) is 0 Å². The molecule has 8 aromatic rings. The maximum atomic E-state index is 4.81. The van der Waals surface area contributed by atoms with Gasteiger partial charge in [-0.05, 0) is 70.1 Å². The largest absolute Gasteiger partial charge is 0.309 e. The fourth-order valence-corrected chi connectivity index (χ4v) is 6.06. The Labute approximate surface area is 238 Å². The molecule has 0 aliphatic carbocycles. The van der Waals surface area contributed by atoms with E-state index in [1.165, 1.54) is 49.4 Å². The predicted molar refractivity (Wildman–Crippen MR) is 172 cm³/mol. The molecule has 0 bridgehead atoms. The number of fused-ring (bicyclic) bond motifs is 4. The van der Waals surface area contributed by atoms with Crippen molar-refractivity contribution in [3.05, 3.63) is 158 Å². The summed E-state index contributed by atoms with van der Waals surface area (Å²) in [6, 6.07) is 54.2. The van der Waals surface area contributed by atoms with Crippen molar-refractivity contribution < 1.29 is 0 Å². The predicted octanol–water partition coefficient (Wildman–Crippen LogP) is 10.3. The van der Waals surface area contributed by atoms with E-state index in [1.807, 2.05) is 6.20 Å². The van der Waals surface area contributed by atoms with Gasteiger partial charge in [0.05, 0.1) is 16.7 Å². The van der Waals surface area contributed by atoms with Crippen molar-refractivity contribution in [2.24, 2.45) is 0 Å². The molecule has 2 aromatic heterocycles. The molecule has 0 atom stereocenters. The van der Waals surface area contributed by atoms with Gasteiger partial charge in [-0.25, -0.2) is 0 Å². The number of nitrogens with zero attached hydrogens (tertiary/aromatic N) is 2. The van der Waals surface area contributed by atoms with Crippen molar-refractivity contribution in [3.63, 3.8) is 0 Å². The third kappa shape index (κ3) is 4.00. The Balaban J connectivity index is 1.38. The van der Waals surface area contributed by atoms with E-state index >= 15 is 0 Å². The molecule has 0 spiro atoms. The quantitative estimate of drug-likeness (QED) is 0.225. The van der Waals surface area contributed by atoms with Crippen molar-refractivity contribution in [3.8, 4) is 39.2 Å². The van der Waals surface area contributed by atoms with Gasteiger partial charge in [0.1, 0.15) is 0 Å². The topological polar surface area (TPSA) is 17.8 Å². The zero-order valence-electron chi connectivity index (χ0n) is 22.4. The van der Waals surface area contributed by atoms with E-state index in [0.29, 0.717) is 0 Å². The van der Waals surface area contributed by atoms with Crippen LogP contribution in [0.5, 0.6) is 0 Å². The molecule has 0 aliphatic rings. The Bertz CT molecular complexity index is 2090. The van der Waals surface area contributed by atoms with E-state index in [1.54, 1.807) is 0 Å². The van der Waals surface area contributed by atoms with Crippen molar-refractivity contribution in [2.45, 2.75) is 0 Å². The molecule has 8 rings (SSSR count). The summed E-state index contributed by atoms with van der Waals surface area (Å²) in [5, 5.41) is 4.84. The SMILES string of the molecule is c1ccc(-c2ccc3c(c2)c2cc(-c4ccccc4)ccc2n3-c2cccc(-c3nccc4ccccc34)c2)cc1. The highest BCUT2D eigenvalue weighted by Crippen LogP contribution is 2.38. The second-order valence-electron chi connectivity index (χ2n) is 10.5. The lowest BCUT2D eigenvalue weighted by Crippen LogP contribution is -1.95. The van der Waals surface area contributed by atoms with Crippen LogP contribution in [0, 0.1) is 0 Å². The third-order valence-corrected chi connectivity index (χ3v) is 8.03. The number of pyridine rings is 1. The molecule has 0 fully saturated rings. The van der Waals surface area contributed by atoms with E-state index in [4.69, 9.17) is 4.98 Å². The Morgan fingerprint density at radius 2 is 0.976 bits per heavy atom. The fourth-order valence-electron chi connectivity index (χ4n) is 6.06. The zero-order chi connectivity index (χ0) is 27.2. The molecule has 192 valence electrons. The Kier molecular flexibility index (Phi) is 5.49. The summed E-state index contributed by atoms with van der Waals surface area (Å²) in [5.74, 6) is 0. The smallest absolute Gasteiger partial charge is 0.0781 e. The average Bonchev–Trinajstić information content (AvgIpc) is 3.38. The molecule has 6 aromatic carbocycles. The van der Waals surface area contributed by atoms with E-state index in [0.717, 1.165) is 22.3 Å². The maximum absolute atomic E-state index is 4.81. The molecule has 0 saturated carbocycles. The van der Waals surface area contributed by atoms with Crippen LogP contribution in [0.4, 0.5) is 0 Å². The molecule has 0 saturated heterocycles. The molecule has 0 aliphatic heterocycles. The van der Waals surface area contributed by atoms with E-state index in [-0.39, 0.29) is 0 Å². The highest BCUT2D eigenvalue weighted by Gasteiger charge is 2.16. The van der Waals surface area contributed by atoms with E-state index in [9.17, 15) is 0 Å². The molecular formula is C39H26N2. The summed E-state index contributed by atoms with van der Waals surface area (Å²) < 4.78 is 2.39. The second-order valence-corrected chi connectivity index (χ2v) is 10.5. The molecule has 2 heteroatoms. The van der Waals surface area contributed by atoms with Crippen molar-refractivity contribution in [1.82, 2.24) is 9.55 Å². The highest BCUT2D eigenvalue weighted by molar-refractivity contribution is 6.11. The van der Waals surface area contributed by atoms with Gasteiger partial charge in [0.15, 0.2) is 0 Å². The van der Waals surface area contributed by atoms with Gasteiger partial charge in [0.2, 0.25) is 0 Å². The average molecular weight is 523 g/mol.